The summed E-state index contributed by atoms with van der Waals surface area (Å²) in [6, 6.07) is 7.30. The Morgan fingerprint density at radius 2 is 2.21 bits per heavy atom. The highest BCUT2D eigenvalue weighted by atomic mass is 16.5. The Morgan fingerprint density at radius 3 is 3.00 bits per heavy atom. The fourth-order valence-corrected chi connectivity index (χ4v) is 3.97. The number of hydrogen-bond donors (Lipinski definition) is 1. The largest absolute Gasteiger partial charge is 0.497 e. The van der Waals surface area contributed by atoms with Crippen LogP contribution in [0.3, 0.4) is 0 Å². The van der Waals surface area contributed by atoms with Crippen LogP contribution in [0.4, 0.5) is 0 Å². The molecule has 0 bridgehead atoms. The SMILES string of the molecule is COc1cccc(O[C@@H](C)C(=O)N2CCc3nc([C@@H]4CCCNC4)ncc3C2)c1. The van der Waals surface area contributed by atoms with Crippen LogP contribution in [0.25, 0.3) is 0 Å². The molecule has 1 saturated heterocycles. The molecule has 0 unspecified atom stereocenters. The summed E-state index contributed by atoms with van der Waals surface area (Å²) < 4.78 is 11.1. The lowest BCUT2D eigenvalue weighted by atomic mass is 9.98. The molecule has 1 N–H and O–H groups in total. The zero-order valence-corrected chi connectivity index (χ0v) is 17.1. The van der Waals surface area contributed by atoms with Gasteiger partial charge in [0.25, 0.3) is 5.91 Å². The smallest absolute Gasteiger partial charge is 0.263 e. The van der Waals surface area contributed by atoms with Crippen molar-refractivity contribution in [2.24, 2.45) is 0 Å². The number of piperidine rings is 1. The number of hydrogen-bond acceptors (Lipinski definition) is 6. The number of carbonyl (C=O) groups excluding carboxylic acids is 1. The van der Waals surface area contributed by atoms with Crippen LogP contribution >= 0.6 is 0 Å². The molecular formula is C22H28N4O3. The highest BCUT2D eigenvalue weighted by Crippen LogP contribution is 2.24. The highest BCUT2D eigenvalue weighted by Gasteiger charge is 2.28. The zero-order chi connectivity index (χ0) is 20.2. The average molecular weight is 396 g/mol. The number of benzene rings is 1. The van der Waals surface area contributed by atoms with Gasteiger partial charge in [-0.25, -0.2) is 9.97 Å². The first-order chi connectivity index (χ1) is 14.1. The summed E-state index contributed by atoms with van der Waals surface area (Å²) in [6.45, 7) is 4.99. The fraction of sp³-hybridized carbons (Fsp3) is 0.500. The van der Waals surface area contributed by atoms with Gasteiger partial charge in [0.2, 0.25) is 0 Å². The third-order valence-corrected chi connectivity index (χ3v) is 5.63. The topological polar surface area (TPSA) is 76.6 Å². The minimum atomic E-state index is -0.572. The van der Waals surface area contributed by atoms with E-state index >= 15 is 0 Å². The second-order valence-corrected chi connectivity index (χ2v) is 7.69. The van der Waals surface area contributed by atoms with E-state index in [1.165, 1.54) is 6.42 Å². The second-order valence-electron chi connectivity index (χ2n) is 7.69. The van der Waals surface area contributed by atoms with Crippen molar-refractivity contribution in [3.8, 4) is 11.5 Å². The first-order valence-corrected chi connectivity index (χ1v) is 10.3. The Hall–Kier alpha value is -2.67. The van der Waals surface area contributed by atoms with E-state index in [-0.39, 0.29) is 5.91 Å². The van der Waals surface area contributed by atoms with Crippen molar-refractivity contribution in [1.29, 1.82) is 0 Å². The molecule has 7 nitrogen and oxygen atoms in total. The van der Waals surface area contributed by atoms with Gasteiger partial charge in [-0.15, -0.1) is 0 Å². The van der Waals surface area contributed by atoms with Gasteiger partial charge in [0.1, 0.15) is 17.3 Å². The third kappa shape index (κ3) is 4.50. The molecule has 1 aromatic heterocycles. The van der Waals surface area contributed by atoms with Gasteiger partial charge in [0.15, 0.2) is 6.10 Å². The van der Waals surface area contributed by atoms with Crippen LogP contribution < -0.4 is 14.8 Å². The number of amides is 1. The molecule has 2 atom stereocenters. The standard InChI is InChI=1S/C22H28N4O3/c1-15(29-19-7-3-6-18(11-19)28-2)22(27)26-10-8-20-17(14-26)13-24-21(25-20)16-5-4-9-23-12-16/h3,6-7,11,13,15-16,23H,4-5,8-10,12,14H2,1-2H3/t15-,16+/m0/s1. The number of carbonyl (C=O) groups is 1. The lowest BCUT2D eigenvalue weighted by Gasteiger charge is -2.31. The molecule has 0 aliphatic carbocycles. The van der Waals surface area contributed by atoms with E-state index in [1.54, 1.807) is 20.1 Å². The molecule has 2 aromatic rings. The number of fused-ring (bicyclic) bond motifs is 1. The van der Waals surface area contributed by atoms with E-state index in [4.69, 9.17) is 14.5 Å². The quantitative estimate of drug-likeness (QED) is 0.836. The number of methoxy groups -OCH3 is 1. The Labute approximate surface area is 171 Å². The van der Waals surface area contributed by atoms with E-state index in [0.717, 1.165) is 43.0 Å². The summed E-state index contributed by atoms with van der Waals surface area (Å²) in [7, 11) is 1.61. The second kappa shape index (κ2) is 8.78. The van der Waals surface area contributed by atoms with Crippen molar-refractivity contribution in [1.82, 2.24) is 20.2 Å². The summed E-state index contributed by atoms with van der Waals surface area (Å²) in [5.74, 6) is 2.63. The molecular weight excluding hydrogens is 368 g/mol. The molecule has 29 heavy (non-hydrogen) atoms. The maximum Gasteiger partial charge on any atom is 0.263 e. The molecule has 1 amide bonds. The van der Waals surface area contributed by atoms with Gasteiger partial charge in [0, 0.05) is 49.8 Å². The molecule has 7 heteroatoms. The fourth-order valence-electron chi connectivity index (χ4n) is 3.97. The Kier molecular flexibility index (Phi) is 5.94. The van der Waals surface area contributed by atoms with E-state index in [9.17, 15) is 4.79 Å². The van der Waals surface area contributed by atoms with Crippen molar-refractivity contribution >= 4 is 5.91 Å². The monoisotopic (exact) mass is 396 g/mol. The van der Waals surface area contributed by atoms with Gasteiger partial charge in [-0.2, -0.15) is 0 Å². The van der Waals surface area contributed by atoms with Gasteiger partial charge < -0.3 is 19.7 Å². The van der Waals surface area contributed by atoms with Crippen LogP contribution in [-0.2, 0) is 17.8 Å². The molecule has 154 valence electrons. The number of ether oxygens (including phenoxy) is 2. The summed E-state index contributed by atoms with van der Waals surface area (Å²) in [4.78, 5) is 24.2. The molecule has 2 aliphatic rings. The lowest BCUT2D eigenvalue weighted by molar-refractivity contribution is -0.138. The van der Waals surface area contributed by atoms with Gasteiger partial charge >= 0.3 is 0 Å². The van der Waals surface area contributed by atoms with Crippen LogP contribution in [0.1, 0.15) is 42.8 Å². The van der Waals surface area contributed by atoms with E-state index in [2.05, 4.69) is 10.3 Å². The van der Waals surface area contributed by atoms with Gasteiger partial charge in [-0.05, 0) is 38.4 Å². The van der Waals surface area contributed by atoms with Gasteiger partial charge in [0.05, 0.1) is 12.8 Å². The van der Waals surface area contributed by atoms with Gasteiger partial charge in [-0.3, -0.25) is 4.79 Å². The molecule has 0 radical (unpaired) electrons. The molecule has 0 spiro atoms. The van der Waals surface area contributed by atoms with Crippen LogP contribution in [-0.4, -0.2) is 53.6 Å². The van der Waals surface area contributed by atoms with Crippen LogP contribution in [0.2, 0.25) is 0 Å². The van der Waals surface area contributed by atoms with Crippen LogP contribution in [0, 0.1) is 0 Å². The van der Waals surface area contributed by atoms with E-state index in [1.807, 2.05) is 29.3 Å². The zero-order valence-electron chi connectivity index (χ0n) is 17.1. The number of nitrogens with one attached hydrogen (secondary N) is 1. The predicted molar refractivity (Wildman–Crippen MR) is 109 cm³/mol. The number of aromatic nitrogens is 2. The van der Waals surface area contributed by atoms with Crippen molar-refractivity contribution in [2.75, 3.05) is 26.7 Å². The third-order valence-electron chi connectivity index (χ3n) is 5.63. The normalized spacial score (nSPS) is 19.9. The molecule has 1 aromatic carbocycles. The Morgan fingerprint density at radius 1 is 1.34 bits per heavy atom. The summed E-state index contributed by atoms with van der Waals surface area (Å²) in [5.41, 5.74) is 2.11. The molecule has 2 aliphatic heterocycles. The minimum Gasteiger partial charge on any atom is -0.497 e. The Balaban J connectivity index is 1.40. The van der Waals surface area contributed by atoms with Crippen LogP contribution in [0.15, 0.2) is 30.5 Å². The minimum absolute atomic E-state index is 0.0287. The molecule has 0 saturated carbocycles. The van der Waals surface area contributed by atoms with Gasteiger partial charge in [-0.1, -0.05) is 6.07 Å². The van der Waals surface area contributed by atoms with Crippen molar-refractivity contribution < 1.29 is 14.3 Å². The predicted octanol–water partition coefficient (Wildman–Crippen LogP) is 2.30. The molecule has 3 heterocycles. The lowest BCUT2D eigenvalue weighted by Crippen LogP contribution is -2.43. The summed E-state index contributed by atoms with van der Waals surface area (Å²) in [6.07, 6.45) is 4.38. The van der Waals surface area contributed by atoms with E-state index < -0.39 is 6.10 Å². The first-order valence-electron chi connectivity index (χ1n) is 10.3. The van der Waals surface area contributed by atoms with Crippen molar-refractivity contribution in [2.45, 2.75) is 44.8 Å². The maximum atomic E-state index is 12.9. The van der Waals surface area contributed by atoms with Crippen LogP contribution in [0.5, 0.6) is 11.5 Å². The van der Waals surface area contributed by atoms with E-state index in [0.29, 0.717) is 30.5 Å². The van der Waals surface area contributed by atoms with Crippen molar-refractivity contribution in [3.63, 3.8) is 0 Å². The number of nitrogens with zero attached hydrogens (tertiary/aromatic N) is 3. The first kappa shape index (κ1) is 19.6. The highest BCUT2D eigenvalue weighted by molar-refractivity contribution is 5.81. The summed E-state index contributed by atoms with van der Waals surface area (Å²) in [5, 5.41) is 3.42. The van der Waals surface area contributed by atoms with Crippen molar-refractivity contribution in [3.05, 3.63) is 47.5 Å². The summed E-state index contributed by atoms with van der Waals surface area (Å²) >= 11 is 0. The number of rotatable bonds is 5. The Bertz CT molecular complexity index is 867. The molecule has 4 rings (SSSR count). The average Bonchev–Trinajstić information content (AvgIpc) is 2.78. The maximum absolute atomic E-state index is 12.9. The molecule has 1 fully saturated rings.